The molecule has 0 spiro atoms. The summed E-state index contributed by atoms with van der Waals surface area (Å²) in [7, 11) is -3.38. The van der Waals surface area contributed by atoms with Crippen molar-refractivity contribution >= 4 is 21.5 Å². The zero-order valence-corrected chi connectivity index (χ0v) is 9.87. The second kappa shape index (κ2) is 4.52. The number of esters is 1. The van der Waals surface area contributed by atoms with Crippen LogP contribution >= 0.6 is 0 Å². The normalized spacial score (nSPS) is 11.1. The summed E-state index contributed by atoms with van der Waals surface area (Å²) in [5.74, 6) is -0.584. The van der Waals surface area contributed by atoms with Gasteiger partial charge in [0.2, 0.25) is 0 Å². The minimum atomic E-state index is -3.38. The van der Waals surface area contributed by atoms with Crippen molar-refractivity contribution in [1.82, 2.24) is 0 Å². The Hall–Kier alpha value is -1.56. The van der Waals surface area contributed by atoms with Crippen molar-refractivity contribution in [3.63, 3.8) is 0 Å². The molecule has 6 heteroatoms. The van der Waals surface area contributed by atoms with Crippen LogP contribution in [-0.4, -0.2) is 27.2 Å². The molecule has 1 rings (SSSR count). The summed E-state index contributed by atoms with van der Waals surface area (Å²) in [4.78, 5) is 11.4. The first-order chi connectivity index (χ1) is 7.34. The van der Waals surface area contributed by atoms with Crippen LogP contribution in [0, 0.1) is 0 Å². The molecule has 0 saturated carbocycles. The molecule has 0 saturated heterocycles. The maximum Gasteiger partial charge on any atom is 0.338 e. The first kappa shape index (κ1) is 12.5. The van der Waals surface area contributed by atoms with E-state index in [1.165, 1.54) is 18.2 Å². The van der Waals surface area contributed by atoms with Crippen LogP contribution in [0.3, 0.4) is 0 Å². The average molecular weight is 243 g/mol. The number of benzene rings is 1. The second-order valence-electron chi connectivity index (χ2n) is 3.28. The number of rotatable bonds is 3. The topological polar surface area (TPSA) is 86.5 Å². The first-order valence-corrected chi connectivity index (χ1v) is 6.51. The fourth-order valence-corrected chi connectivity index (χ4v) is 1.86. The molecule has 0 heterocycles. The molecule has 1 aromatic rings. The van der Waals surface area contributed by atoms with E-state index in [0.717, 1.165) is 6.26 Å². The number of carbonyl (C=O) groups excluding carboxylic acids is 1. The minimum absolute atomic E-state index is 0.00977. The molecule has 0 radical (unpaired) electrons. The van der Waals surface area contributed by atoms with Crippen molar-refractivity contribution in [2.24, 2.45) is 0 Å². The van der Waals surface area contributed by atoms with Crippen LogP contribution in [-0.2, 0) is 14.6 Å². The molecule has 0 amide bonds. The summed E-state index contributed by atoms with van der Waals surface area (Å²) in [5.41, 5.74) is 5.87. The van der Waals surface area contributed by atoms with E-state index in [4.69, 9.17) is 10.5 Å². The van der Waals surface area contributed by atoms with Gasteiger partial charge in [-0.15, -0.1) is 0 Å². The Morgan fingerprint density at radius 3 is 2.50 bits per heavy atom. The van der Waals surface area contributed by atoms with Gasteiger partial charge >= 0.3 is 5.97 Å². The molecule has 88 valence electrons. The molecule has 0 bridgehead atoms. The van der Waals surface area contributed by atoms with Gasteiger partial charge in [0.05, 0.1) is 17.1 Å². The summed E-state index contributed by atoms with van der Waals surface area (Å²) in [6, 6.07) is 3.94. The monoisotopic (exact) mass is 243 g/mol. The Balaban J connectivity index is 3.24. The lowest BCUT2D eigenvalue weighted by molar-refractivity contribution is 0.0526. The number of hydrogen-bond donors (Lipinski definition) is 1. The van der Waals surface area contributed by atoms with Crippen LogP contribution in [0.25, 0.3) is 0 Å². The summed E-state index contributed by atoms with van der Waals surface area (Å²) >= 11 is 0. The van der Waals surface area contributed by atoms with Gasteiger partial charge in [0.25, 0.3) is 0 Å². The predicted octanol–water partition coefficient (Wildman–Crippen LogP) is 0.849. The highest BCUT2D eigenvalue weighted by Gasteiger charge is 2.13. The van der Waals surface area contributed by atoms with E-state index in [0.29, 0.717) is 0 Å². The van der Waals surface area contributed by atoms with E-state index in [9.17, 15) is 13.2 Å². The summed E-state index contributed by atoms with van der Waals surface area (Å²) in [6.07, 6.45) is 1.05. The molecule has 16 heavy (non-hydrogen) atoms. The molecule has 2 N–H and O–H groups in total. The lowest BCUT2D eigenvalue weighted by Gasteiger charge is -2.05. The number of ether oxygens (including phenoxy) is 1. The summed E-state index contributed by atoms with van der Waals surface area (Å²) < 4.78 is 27.4. The number of nitrogen functional groups attached to an aromatic ring is 1. The largest absolute Gasteiger partial charge is 0.462 e. The van der Waals surface area contributed by atoms with Crippen molar-refractivity contribution in [1.29, 1.82) is 0 Å². The van der Waals surface area contributed by atoms with Crippen molar-refractivity contribution in [3.8, 4) is 0 Å². The molecule has 5 nitrogen and oxygen atoms in total. The lowest BCUT2D eigenvalue weighted by atomic mass is 10.2. The molecule has 0 unspecified atom stereocenters. The quantitative estimate of drug-likeness (QED) is 0.628. The smallest absolute Gasteiger partial charge is 0.338 e. The highest BCUT2D eigenvalue weighted by molar-refractivity contribution is 7.90. The highest BCUT2D eigenvalue weighted by Crippen LogP contribution is 2.17. The fourth-order valence-electron chi connectivity index (χ4n) is 1.17. The van der Waals surface area contributed by atoms with Crippen LogP contribution in [0.2, 0.25) is 0 Å². The van der Waals surface area contributed by atoms with Gasteiger partial charge in [0.15, 0.2) is 9.84 Å². The Morgan fingerprint density at radius 2 is 2.00 bits per heavy atom. The van der Waals surface area contributed by atoms with Gasteiger partial charge in [-0.3, -0.25) is 0 Å². The Morgan fingerprint density at radius 1 is 1.38 bits per heavy atom. The Labute approximate surface area is 94.1 Å². The second-order valence-corrected chi connectivity index (χ2v) is 5.30. The van der Waals surface area contributed by atoms with Crippen molar-refractivity contribution in [2.45, 2.75) is 11.8 Å². The zero-order chi connectivity index (χ0) is 12.3. The summed E-state index contributed by atoms with van der Waals surface area (Å²) in [6.45, 7) is 1.89. The Bertz CT molecular complexity index is 508. The van der Waals surface area contributed by atoms with Gasteiger partial charge in [-0.2, -0.15) is 0 Å². The van der Waals surface area contributed by atoms with Crippen LogP contribution in [0.1, 0.15) is 17.3 Å². The van der Waals surface area contributed by atoms with Crippen LogP contribution in [0.5, 0.6) is 0 Å². The number of hydrogen-bond acceptors (Lipinski definition) is 5. The standard InChI is InChI=1S/C10H13NO4S/c1-3-15-10(12)7-4-8(11)6-9(5-7)16(2,13)14/h4-6H,3,11H2,1-2H3. The zero-order valence-electron chi connectivity index (χ0n) is 9.06. The van der Waals surface area contributed by atoms with Gasteiger partial charge in [0.1, 0.15) is 0 Å². The minimum Gasteiger partial charge on any atom is -0.462 e. The van der Waals surface area contributed by atoms with Gasteiger partial charge in [0, 0.05) is 11.9 Å². The van der Waals surface area contributed by atoms with Crippen molar-refractivity contribution in [3.05, 3.63) is 23.8 Å². The summed E-state index contributed by atoms with van der Waals surface area (Å²) in [5, 5.41) is 0. The molecule has 0 fully saturated rings. The van der Waals surface area contributed by atoms with Crippen LogP contribution in [0.15, 0.2) is 23.1 Å². The lowest BCUT2D eigenvalue weighted by Crippen LogP contribution is -2.07. The molecule has 0 aliphatic heterocycles. The van der Waals surface area contributed by atoms with Gasteiger partial charge in [-0.25, -0.2) is 13.2 Å². The van der Waals surface area contributed by atoms with E-state index < -0.39 is 15.8 Å². The highest BCUT2D eigenvalue weighted by atomic mass is 32.2. The third kappa shape index (κ3) is 2.96. The van der Waals surface area contributed by atoms with Gasteiger partial charge in [-0.05, 0) is 25.1 Å². The molecule has 0 aliphatic rings. The number of carbonyl (C=O) groups is 1. The third-order valence-electron chi connectivity index (χ3n) is 1.87. The maximum atomic E-state index is 11.4. The molecule has 0 atom stereocenters. The number of anilines is 1. The molecule has 1 aromatic carbocycles. The number of sulfone groups is 1. The van der Waals surface area contributed by atoms with Crippen LogP contribution in [0.4, 0.5) is 5.69 Å². The Kier molecular flexibility index (Phi) is 3.54. The predicted molar refractivity (Wildman–Crippen MR) is 59.9 cm³/mol. The fraction of sp³-hybridized carbons (Fsp3) is 0.300. The molecule has 0 aromatic heterocycles. The van der Waals surface area contributed by atoms with Gasteiger partial charge in [-0.1, -0.05) is 0 Å². The van der Waals surface area contributed by atoms with E-state index >= 15 is 0 Å². The molecular weight excluding hydrogens is 230 g/mol. The molecular formula is C10H13NO4S. The number of nitrogens with two attached hydrogens (primary N) is 1. The van der Waals surface area contributed by atoms with Gasteiger partial charge < -0.3 is 10.5 Å². The third-order valence-corrected chi connectivity index (χ3v) is 2.96. The van der Waals surface area contributed by atoms with E-state index in [-0.39, 0.29) is 22.8 Å². The van der Waals surface area contributed by atoms with E-state index in [1.807, 2.05) is 0 Å². The van der Waals surface area contributed by atoms with Crippen molar-refractivity contribution < 1.29 is 17.9 Å². The van der Waals surface area contributed by atoms with Crippen LogP contribution < -0.4 is 5.73 Å². The SMILES string of the molecule is CCOC(=O)c1cc(N)cc(S(C)(=O)=O)c1. The first-order valence-electron chi connectivity index (χ1n) is 4.62. The van der Waals surface area contributed by atoms with E-state index in [1.54, 1.807) is 6.92 Å². The molecule has 0 aliphatic carbocycles. The maximum absolute atomic E-state index is 11.4. The average Bonchev–Trinajstić information content (AvgIpc) is 2.16. The van der Waals surface area contributed by atoms with Crippen molar-refractivity contribution in [2.75, 3.05) is 18.6 Å². The van der Waals surface area contributed by atoms with E-state index in [2.05, 4.69) is 0 Å².